The standard InChI is InChI=1S/C17H22N2/c1-3-4-12-18-13-16-10-11-17(19-14(16)2)15-8-6-5-7-9-15/h5-11,18H,3-4,12-13H2,1-2H3. The van der Waals surface area contributed by atoms with Crippen LogP contribution in [0.25, 0.3) is 11.3 Å². The molecule has 0 aliphatic heterocycles. The Morgan fingerprint density at radius 2 is 1.84 bits per heavy atom. The highest BCUT2D eigenvalue weighted by Gasteiger charge is 2.03. The first-order valence-corrected chi connectivity index (χ1v) is 7.04. The van der Waals surface area contributed by atoms with Gasteiger partial charge < -0.3 is 5.32 Å². The number of hydrogen-bond donors (Lipinski definition) is 1. The van der Waals surface area contributed by atoms with E-state index in [4.69, 9.17) is 4.98 Å². The van der Waals surface area contributed by atoms with Crippen LogP contribution in [0.1, 0.15) is 31.0 Å². The van der Waals surface area contributed by atoms with Crippen LogP contribution >= 0.6 is 0 Å². The van der Waals surface area contributed by atoms with Crippen LogP contribution in [0.3, 0.4) is 0 Å². The van der Waals surface area contributed by atoms with Gasteiger partial charge in [-0.1, -0.05) is 49.7 Å². The first-order chi connectivity index (χ1) is 9.31. The molecule has 0 saturated heterocycles. The van der Waals surface area contributed by atoms with Gasteiger partial charge >= 0.3 is 0 Å². The zero-order valence-electron chi connectivity index (χ0n) is 11.8. The van der Waals surface area contributed by atoms with E-state index in [1.165, 1.54) is 24.0 Å². The molecule has 0 amide bonds. The number of aryl methyl sites for hydroxylation is 1. The number of benzene rings is 1. The molecular formula is C17H22N2. The lowest BCUT2D eigenvalue weighted by atomic mass is 10.1. The fourth-order valence-corrected chi connectivity index (χ4v) is 2.07. The number of pyridine rings is 1. The average molecular weight is 254 g/mol. The Morgan fingerprint density at radius 3 is 2.53 bits per heavy atom. The summed E-state index contributed by atoms with van der Waals surface area (Å²) >= 11 is 0. The van der Waals surface area contributed by atoms with Crippen molar-refractivity contribution >= 4 is 0 Å². The van der Waals surface area contributed by atoms with Crippen molar-refractivity contribution < 1.29 is 0 Å². The molecule has 0 spiro atoms. The largest absolute Gasteiger partial charge is 0.313 e. The summed E-state index contributed by atoms with van der Waals surface area (Å²) in [5.41, 5.74) is 4.63. The van der Waals surface area contributed by atoms with Gasteiger partial charge in [0, 0.05) is 17.8 Å². The maximum absolute atomic E-state index is 4.70. The van der Waals surface area contributed by atoms with E-state index in [0.717, 1.165) is 24.5 Å². The van der Waals surface area contributed by atoms with E-state index < -0.39 is 0 Å². The SMILES string of the molecule is CCCCNCc1ccc(-c2ccccc2)nc1C. The second-order valence-corrected chi connectivity index (χ2v) is 4.84. The molecule has 0 aliphatic carbocycles. The molecule has 0 aliphatic rings. The lowest BCUT2D eigenvalue weighted by Crippen LogP contribution is -2.15. The van der Waals surface area contributed by atoms with Crippen molar-refractivity contribution in [2.24, 2.45) is 0 Å². The first-order valence-electron chi connectivity index (χ1n) is 7.04. The molecule has 0 bridgehead atoms. The zero-order chi connectivity index (χ0) is 13.5. The van der Waals surface area contributed by atoms with Crippen molar-refractivity contribution in [3.63, 3.8) is 0 Å². The van der Waals surface area contributed by atoms with E-state index in [2.05, 4.69) is 43.4 Å². The third-order valence-electron chi connectivity index (χ3n) is 3.29. The highest BCUT2D eigenvalue weighted by atomic mass is 14.9. The topological polar surface area (TPSA) is 24.9 Å². The molecule has 2 heteroatoms. The van der Waals surface area contributed by atoms with Gasteiger partial charge in [0.05, 0.1) is 5.69 Å². The number of nitrogens with one attached hydrogen (secondary N) is 1. The minimum absolute atomic E-state index is 0.911. The molecule has 19 heavy (non-hydrogen) atoms. The molecule has 1 N–H and O–H groups in total. The molecule has 1 aromatic heterocycles. The van der Waals surface area contributed by atoms with Crippen molar-refractivity contribution in [1.82, 2.24) is 10.3 Å². The Bertz CT molecular complexity index is 506. The fraction of sp³-hybridized carbons (Fsp3) is 0.353. The predicted octanol–water partition coefficient (Wildman–Crippen LogP) is 3.95. The molecule has 0 radical (unpaired) electrons. The van der Waals surface area contributed by atoms with Gasteiger partial charge in [-0.25, -0.2) is 0 Å². The van der Waals surface area contributed by atoms with Crippen LogP contribution in [0.4, 0.5) is 0 Å². The molecular weight excluding hydrogens is 232 g/mol. The molecule has 0 atom stereocenters. The average Bonchev–Trinajstić information content (AvgIpc) is 2.46. The maximum atomic E-state index is 4.70. The quantitative estimate of drug-likeness (QED) is 0.790. The molecule has 0 unspecified atom stereocenters. The Labute approximate surface area is 115 Å². The third kappa shape index (κ3) is 3.90. The lowest BCUT2D eigenvalue weighted by Gasteiger charge is -2.09. The van der Waals surface area contributed by atoms with Crippen LogP contribution in [-0.2, 0) is 6.54 Å². The van der Waals surface area contributed by atoms with Crippen molar-refractivity contribution in [3.05, 3.63) is 53.7 Å². The summed E-state index contributed by atoms with van der Waals surface area (Å²) in [7, 11) is 0. The Hall–Kier alpha value is -1.67. The Balaban J connectivity index is 2.05. The van der Waals surface area contributed by atoms with Gasteiger partial charge in [0.1, 0.15) is 0 Å². The summed E-state index contributed by atoms with van der Waals surface area (Å²) < 4.78 is 0. The lowest BCUT2D eigenvalue weighted by molar-refractivity contribution is 0.638. The molecule has 2 nitrogen and oxygen atoms in total. The molecule has 100 valence electrons. The Morgan fingerprint density at radius 1 is 1.05 bits per heavy atom. The molecule has 2 rings (SSSR count). The smallest absolute Gasteiger partial charge is 0.0705 e. The van der Waals surface area contributed by atoms with E-state index in [-0.39, 0.29) is 0 Å². The van der Waals surface area contributed by atoms with E-state index in [9.17, 15) is 0 Å². The summed E-state index contributed by atoms with van der Waals surface area (Å²) in [5.74, 6) is 0. The molecule has 0 fully saturated rings. The summed E-state index contributed by atoms with van der Waals surface area (Å²) in [4.78, 5) is 4.70. The van der Waals surface area contributed by atoms with Crippen molar-refractivity contribution in [2.45, 2.75) is 33.2 Å². The highest BCUT2D eigenvalue weighted by Crippen LogP contribution is 2.18. The summed E-state index contributed by atoms with van der Waals surface area (Å²) in [6.45, 7) is 6.29. The second-order valence-electron chi connectivity index (χ2n) is 4.84. The number of aromatic nitrogens is 1. The van der Waals surface area contributed by atoms with Crippen molar-refractivity contribution in [1.29, 1.82) is 0 Å². The molecule has 1 aromatic carbocycles. The summed E-state index contributed by atoms with van der Waals surface area (Å²) in [5, 5.41) is 3.46. The molecule has 1 heterocycles. The number of nitrogens with zero attached hydrogens (tertiary/aromatic N) is 1. The van der Waals surface area contributed by atoms with Crippen LogP contribution in [0.2, 0.25) is 0 Å². The maximum Gasteiger partial charge on any atom is 0.0705 e. The predicted molar refractivity (Wildman–Crippen MR) is 81.0 cm³/mol. The number of hydrogen-bond acceptors (Lipinski definition) is 2. The van der Waals surface area contributed by atoms with E-state index in [0.29, 0.717) is 0 Å². The first kappa shape index (κ1) is 13.8. The van der Waals surface area contributed by atoms with E-state index in [1.807, 2.05) is 18.2 Å². The van der Waals surface area contributed by atoms with E-state index in [1.54, 1.807) is 0 Å². The Kier molecular flexibility index (Phi) is 5.10. The van der Waals surface area contributed by atoms with Crippen LogP contribution in [0.15, 0.2) is 42.5 Å². The fourth-order valence-electron chi connectivity index (χ4n) is 2.07. The third-order valence-corrected chi connectivity index (χ3v) is 3.29. The van der Waals surface area contributed by atoms with E-state index >= 15 is 0 Å². The van der Waals surface area contributed by atoms with Gasteiger partial charge in [0.2, 0.25) is 0 Å². The highest BCUT2D eigenvalue weighted by molar-refractivity contribution is 5.59. The number of unbranched alkanes of at least 4 members (excludes halogenated alkanes) is 1. The summed E-state index contributed by atoms with van der Waals surface area (Å²) in [6, 6.07) is 14.6. The summed E-state index contributed by atoms with van der Waals surface area (Å²) in [6.07, 6.45) is 2.46. The van der Waals surface area contributed by atoms with Crippen LogP contribution < -0.4 is 5.32 Å². The zero-order valence-corrected chi connectivity index (χ0v) is 11.8. The van der Waals surface area contributed by atoms with Crippen LogP contribution in [-0.4, -0.2) is 11.5 Å². The van der Waals surface area contributed by atoms with Gasteiger partial charge in [-0.2, -0.15) is 0 Å². The van der Waals surface area contributed by atoms with Gasteiger partial charge in [-0.05, 0) is 31.5 Å². The van der Waals surface area contributed by atoms with Gasteiger partial charge in [0.25, 0.3) is 0 Å². The normalized spacial score (nSPS) is 10.6. The minimum Gasteiger partial charge on any atom is -0.313 e. The second kappa shape index (κ2) is 7.05. The molecule has 2 aromatic rings. The van der Waals surface area contributed by atoms with Crippen molar-refractivity contribution in [2.75, 3.05) is 6.54 Å². The minimum atomic E-state index is 0.911. The monoisotopic (exact) mass is 254 g/mol. The molecule has 0 saturated carbocycles. The van der Waals surface area contributed by atoms with Gasteiger partial charge in [-0.3, -0.25) is 4.98 Å². The number of rotatable bonds is 6. The van der Waals surface area contributed by atoms with Crippen LogP contribution in [0, 0.1) is 6.92 Å². The van der Waals surface area contributed by atoms with Gasteiger partial charge in [-0.15, -0.1) is 0 Å². The van der Waals surface area contributed by atoms with Crippen LogP contribution in [0.5, 0.6) is 0 Å². The van der Waals surface area contributed by atoms with Crippen molar-refractivity contribution in [3.8, 4) is 11.3 Å². The van der Waals surface area contributed by atoms with Gasteiger partial charge in [0.15, 0.2) is 0 Å².